The molecule has 3 aromatic carbocycles. The van der Waals surface area contributed by atoms with Gasteiger partial charge in [0.2, 0.25) is 0 Å². The van der Waals surface area contributed by atoms with Gasteiger partial charge in [-0.2, -0.15) is 0 Å². The maximum absolute atomic E-state index is 11.9. The summed E-state index contributed by atoms with van der Waals surface area (Å²) in [5.41, 5.74) is 2.23. The van der Waals surface area contributed by atoms with E-state index in [2.05, 4.69) is 0 Å². The SMILES string of the molecule is COc1cc(-c2c3c(cc4cc(OC)c(O)cc24)OC(=O)C3)ccc1O. The molecule has 0 aromatic heterocycles. The van der Waals surface area contributed by atoms with E-state index in [0.717, 1.165) is 27.5 Å². The monoisotopic (exact) mass is 352 g/mol. The molecule has 0 saturated heterocycles. The van der Waals surface area contributed by atoms with Crippen molar-refractivity contribution >= 4 is 16.7 Å². The summed E-state index contributed by atoms with van der Waals surface area (Å²) in [5, 5.41) is 21.6. The number of methoxy groups -OCH3 is 2. The summed E-state index contributed by atoms with van der Waals surface area (Å²) in [6, 6.07) is 10.0. The van der Waals surface area contributed by atoms with Crippen LogP contribution in [0.2, 0.25) is 0 Å². The Bertz CT molecular complexity index is 1050. The lowest BCUT2D eigenvalue weighted by Gasteiger charge is -2.15. The van der Waals surface area contributed by atoms with Crippen LogP contribution in [0.3, 0.4) is 0 Å². The highest BCUT2D eigenvalue weighted by Gasteiger charge is 2.27. The van der Waals surface area contributed by atoms with Crippen molar-refractivity contribution in [2.75, 3.05) is 14.2 Å². The normalized spacial score (nSPS) is 12.8. The first-order valence-electron chi connectivity index (χ1n) is 7.96. The van der Waals surface area contributed by atoms with Crippen LogP contribution >= 0.6 is 0 Å². The number of phenols is 2. The molecule has 0 aliphatic carbocycles. The van der Waals surface area contributed by atoms with Gasteiger partial charge in [-0.15, -0.1) is 0 Å². The number of fused-ring (bicyclic) bond motifs is 2. The van der Waals surface area contributed by atoms with Crippen molar-refractivity contribution in [2.45, 2.75) is 6.42 Å². The number of benzene rings is 3. The van der Waals surface area contributed by atoms with E-state index in [1.165, 1.54) is 20.3 Å². The molecule has 132 valence electrons. The first kappa shape index (κ1) is 16.1. The van der Waals surface area contributed by atoms with Crippen LogP contribution < -0.4 is 14.2 Å². The van der Waals surface area contributed by atoms with Crippen LogP contribution in [-0.4, -0.2) is 30.4 Å². The van der Waals surface area contributed by atoms with Crippen molar-refractivity contribution in [1.82, 2.24) is 0 Å². The third-order valence-electron chi connectivity index (χ3n) is 4.52. The molecule has 0 saturated carbocycles. The summed E-state index contributed by atoms with van der Waals surface area (Å²) < 4.78 is 15.7. The zero-order valence-corrected chi connectivity index (χ0v) is 14.2. The Hall–Kier alpha value is -3.41. The highest BCUT2D eigenvalue weighted by molar-refractivity contribution is 6.04. The first-order valence-corrected chi connectivity index (χ1v) is 7.96. The highest BCUT2D eigenvalue weighted by atomic mass is 16.5. The lowest BCUT2D eigenvalue weighted by atomic mass is 9.91. The minimum Gasteiger partial charge on any atom is -0.504 e. The van der Waals surface area contributed by atoms with Crippen molar-refractivity contribution < 1.29 is 29.2 Å². The fourth-order valence-corrected chi connectivity index (χ4v) is 3.33. The van der Waals surface area contributed by atoms with E-state index in [1.807, 2.05) is 0 Å². The molecule has 1 aliphatic heterocycles. The van der Waals surface area contributed by atoms with E-state index in [0.29, 0.717) is 17.2 Å². The Morgan fingerprint density at radius 3 is 2.42 bits per heavy atom. The second-order valence-electron chi connectivity index (χ2n) is 6.01. The van der Waals surface area contributed by atoms with Crippen molar-refractivity contribution in [3.8, 4) is 39.9 Å². The van der Waals surface area contributed by atoms with Gasteiger partial charge in [0.05, 0.1) is 20.6 Å². The van der Waals surface area contributed by atoms with E-state index < -0.39 is 0 Å². The molecular weight excluding hydrogens is 336 g/mol. The summed E-state index contributed by atoms with van der Waals surface area (Å²) in [5.74, 6) is 0.810. The molecule has 0 amide bonds. The molecule has 0 unspecified atom stereocenters. The average Bonchev–Trinajstić information content (AvgIpc) is 2.99. The van der Waals surface area contributed by atoms with E-state index in [9.17, 15) is 15.0 Å². The molecule has 26 heavy (non-hydrogen) atoms. The summed E-state index contributed by atoms with van der Waals surface area (Å²) >= 11 is 0. The first-order chi connectivity index (χ1) is 12.5. The van der Waals surface area contributed by atoms with Crippen LogP contribution in [0.5, 0.6) is 28.7 Å². The van der Waals surface area contributed by atoms with Crippen LogP contribution in [0, 0.1) is 0 Å². The number of aromatic hydroxyl groups is 2. The molecule has 0 spiro atoms. The van der Waals surface area contributed by atoms with Gasteiger partial charge < -0.3 is 24.4 Å². The number of ether oxygens (including phenoxy) is 3. The van der Waals surface area contributed by atoms with Gasteiger partial charge in [-0.3, -0.25) is 4.79 Å². The molecule has 1 aliphatic rings. The van der Waals surface area contributed by atoms with E-state index >= 15 is 0 Å². The molecule has 0 bridgehead atoms. The van der Waals surface area contributed by atoms with Gasteiger partial charge >= 0.3 is 5.97 Å². The van der Waals surface area contributed by atoms with Crippen LogP contribution in [0.1, 0.15) is 5.56 Å². The number of esters is 1. The Kier molecular flexibility index (Phi) is 3.61. The highest BCUT2D eigenvalue weighted by Crippen LogP contribution is 2.45. The number of rotatable bonds is 3. The maximum Gasteiger partial charge on any atom is 0.315 e. The zero-order chi connectivity index (χ0) is 18.4. The largest absolute Gasteiger partial charge is 0.504 e. The standard InChI is InChI=1S/C20H16O6/c1-24-17-5-10(3-4-14(17)21)20-12-8-15(22)18(25-2)7-11(12)6-16-13(20)9-19(23)26-16/h3-8,21-22H,9H2,1-2H3. The third-order valence-corrected chi connectivity index (χ3v) is 4.52. The predicted molar refractivity (Wildman–Crippen MR) is 95.2 cm³/mol. The molecule has 0 atom stereocenters. The third kappa shape index (κ3) is 2.38. The van der Waals surface area contributed by atoms with Crippen molar-refractivity contribution in [3.05, 3.63) is 42.0 Å². The van der Waals surface area contributed by atoms with Gasteiger partial charge in [-0.05, 0) is 52.2 Å². The van der Waals surface area contributed by atoms with Gasteiger partial charge in [0, 0.05) is 5.56 Å². The Morgan fingerprint density at radius 2 is 1.69 bits per heavy atom. The number of carbonyl (C=O) groups excluding carboxylic acids is 1. The number of phenolic OH excluding ortho intramolecular Hbond substituents is 2. The smallest absolute Gasteiger partial charge is 0.315 e. The maximum atomic E-state index is 11.9. The number of hydrogen-bond acceptors (Lipinski definition) is 6. The second kappa shape index (κ2) is 5.84. The number of hydrogen-bond donors (Lipinski definition) is 2. The van der Waals surface area contributed by atoms with Crippen LogP contribution in [0.4, 0.5) is 0 Å². The van der Waals surface area contributed by atoms with Gasteiger partial charge in [-0.1, -0.05) is 6.07 Å². The van der Waals surface area contributed by atoms with Crippen molar-refractivity contribution in [1.29, 1.82) is 0 Å². The van der Waals surface area contributed by atoms with Gasteiger partial charge in [0.15, 0.2) is 23.0 Å². The molecule has 1 heterocycles. The summed E-state index contributed by atoms with van der Waals surface area (Å²) in [6.07, 6.45) is 0.136. The van der Waals surface area contributed by atoms with Gasteiger partial charge in [-0.25, -0.2) is 0 Å². The average molecular weight is 352 g/mol. The fraction of sp³-hybridized carbons (Fsp3) is 0.150. The molecule has 6 nitrogen and oxygen atoms in total. The molecule has 6 heteroatoms. The molecule has 3 aromatic rings. The molecule has 2 N–H and O–H groups in total. The molecular formula is C20H16O6. The summed E-state index contributed by atoms with van der Waals surface area (Å²) in [7, 11) is 2.94. The van der Waals surface area contributed by atoms with E-state index in [1.54, 1.807) is 30.3 Å². The Morgan fingerprint density at radius 1 is 0.962 bits per heavy atom. The van der Waals surface area contributed by atoms with Crippen LogP contribution in [0.15, 0.2) is 36.4 Å². The number of carbonyl (C=O) groups is 1. The zero-order valence-electron chi connectivity index (χ0n) is 14.2. The predicted octanol–water partition coefficient (Wildman–Crippen LogP) is 3.40. The van der Waals surface area contributed by atoms with E-state index in [4.69, 9.17) is 14.2 Å². The minimum atomic E-state index is -0.335. The van der Waals surface area contributed by atoms with Gasteiger partial charge in [0.1, 0.15) is 5.75 Å². The fourth-order valence-electron chi connectivity index (χ4n) is 3.33. The quantitative estimate of drug-likeness (QED) is 0.555. The van der Waals surface area contributed by atoms with Crippen LogP contribution in [-0.2, 0) is 11.2 Å². The lowest BCUT2D eigenvalue weighted by molar-refractivity contribution is -0.131. The molecule has 4 rings (SSSR count). The van der Waals surface area contributed by atoms with Crippen molar-refractivity contribution in [2.24, 2.45) is 0 Å². The summed E-state index contributed by atoms with van der Waals surface area (Å²) in [4.78, 5) is 11.9. The summed E-state index contributed by atoms with van der Waals surface area (Å²) in [6.45, 7) is 0. The molecule has 0 fully saturated rings. The van der Waals surface area contributed by atoms with Crippen molar-refractivity contribution in [3.63, 3.8) is 0 Å². The van der Waals surface area contributed by atoms with E-state index in [-0.39, 0.29) is 23.9 Å². The Labute approximate surface area is 149 Å². The Balaban J connectivity index is 2.08. The second-order valence-corrected chi connectivity index (χ2v) is 6.01. The topological polar surface area (TPSA) is 85.2 Å². The lowest BCUT2D eigenvalue weighted by Crippen LogP contribution is -2.00. The molecule has 0 radical (unpaired) electrons. The van der Waals surface area contributed by atoms with Gasteiger partial charge in [0.25, 0.3) is 0 Å². The minimum absolute atomic E-state index is 0.00261. The van der Waals surface area contributed by atoms with Crippen LogP contribution in [0.25, 0.3) is 21.9 Å².